The smallest absolute Gasteiger partial charge is 0.407 e. The van der Waals surface area contributed by atoms with Crippen molar-refractivity contribution in [3.63, 3.8) is 0 Å². The first-order valence-electron chi connectivity index (χ1n) is 17.7. The maximum atomic E-state index is 16.8. The van der Waals surface area contributed by atoms with Crippen LogP contribution in [0.5, 0.6) is 5.75 Å². The molecule has 9 nitrogen and oxygen atoms in total. The first-order chi connectivity index (χ1) is 24.7. The highest BCUT2D eigenvalue weighted by Crippen LogP contribution is 2.37. The fourth-order valence-electron chi connectivity index (χ4n) is 6.75. The van der Waals surface area contributed by atoms with E-state index in [0.717, 1.165) is 31.1 Å². The molecule has 0 spiro atoms. The van der Waals surface area contributed by atoms with Gasteiger partial charge in [-0.05, 0) is 112 Å². The van der Waals surface area contributed by atoms with E-state index in [1.807, 2.05) is 12.1 Å². The summed E-state index contributed by atoms with van der Waals surface area (Å²) in [6.45, 7) is 5.28. The first-order valence-corrected chi connectivity index (χ1v) is 19.2. The number of carbonyl (C=O) groups excluding carboxylic acids is 2. The summed E-state index contributed by atoms with van der Waals surface area (Å²) >= 11 is 0. The van der Waals surface area contributed by atoms with E-state index in [1.54, 1.807) is 69.3 Å². The van der Waals surface area contributed by atoms with Crippen LogP contribution in [0.2, 0.25) is 0 Å². The number of ether oxygens (including phenoxy) is 2. The second-order valence-electron chi connectivity index (χ2n) is 14.6. The van der Waals surface area contributed by atoms with Crippen molar-refractivity contribution in [3.8, 4) is 16.9 Å². The molecule has 1 heterocycles. The van der Waals surface area contributed by atoms with Crippen molar-refractivity contribution >= 4 is 32.8 Å². The van der Waals surface area contributed by atoms with E-state index in [9.17, 15) is 18.0 Å². The molecular formula is C40H45F2N3O6S. The second kappa shape index (κ2) is 15.2. The van der Waals surface area contributed by atoms with Crippen LogP contribution in [0.15, 0.2) is 95.9 Å². The molecule has 1 saturated heterocycles. The maximum Gasteiger partial charge on any atom is 0.407 e. The molecule has 1 aliphatic heterocycles. The number of benzene rings is 4. The van der Waals surface area contributed by atoms with Gasteiger partial charge in [-0.3, -0.25) is 4.79 Å². The molecule has 2 amide bonds. The van der Waals surface area contributed by atoms with E-state index in [1.165, 1.54) is 35.2 Å². The number of rotatable bonds is 10. The molecule has 52 heavy (non-hydrogen) atoms. The minimum absolute atomic E-state index is 0.0267. The van der Waals surface area contributed by atoms with Gasteiger partial charge in [-0.15, -0.1) is 0 Å². The number of fused-ring (bicyclic) bond motifs is 1. The number of carbonyl (C=O) groups is 2. The highest BCUT2D eigenvalue weighted by Gasteiger charge is 2.50. The van der Waals surface area contributed by atoms with Crippen LogP contribution in [-0.4, -0.2) is 62.2 Å². The summed E-state index contributed by atoms with van der Waals surface area (Å²) in [5, 5.41) is 4.08. The van der Waals surface area contributed by atoms with Crippen molar-refractivity contribution in [2.75, 3.05) is 13.1 Å². The van der Waals surface area contributed by atoms with Crippen molar-refractivity contribution in [2.45, 2.75) is 93.9 Å². The lowest BCUT2D eigenvalue weighted by atomic mass is 9.95. The van der Waals surface area contributed by atoms with Crippen molar-refractivity contribution < 1.29 is 36.3 Å². The normalized spacial score (nSPS) is 16.8. The Morgan fingerprint density at radius 3 is 2.15 bits per heavy atom. The second-order valence-corrected chi connectivity index (χ2v) is 16.3. The summed E-state index contributed by atoms with van der Waals surface area (Å²) in [6.07, 6.45) is 4.31. The lowest BCUT2D eigenvalue weighted by Gasteiger charge is -2.36. The topological polar surface area (TPSA) is 114 Å². The summed E-state index contributed by atoms with van der Waals surface area (Å²) in [7, 11) is -4.64. The maximum absolute atomic E-state index is 16.8. The highest BCUT2D eigenvalue weighted by molar-refractivity contribution is 7.89. The number of amides is 2. The average Bonchev–Trinajstić information content (AvgIpc) is 3.63. The molecule has 1 aliphatic carbocycles. The van der Waals surface area contributed by atoms with Gasteiger partial charge in [0.05, 0.1) is 11.0 Å². The number of hydrogen-bond acceptors (Lipinski definition) is 6. The van der Waals surface area contributed by atoms with Crippen molar-refractivity contribution in [3.05, 3.63) is 96.6 Å². The highest BCUT2D eigenvalue weighted by atomic mass is 32.2. The number of halogens is 2. The molecule has 1 saturated carbocycles. The number of nitrogens with one attached hydrogen (secondary N) is 2. The lowest BCUT2D eigenvalue weighted by Crippen LogP contribution is -2.58. The van der Waals surface area contributed by atoms with Crippen LogP contribution in [-0.2, 0) is 25.5 Å². The van der Waals surface area contributed by atoms with Crippen LogP contribution in [0.3, 0.4) is 0 Å². The Bertz CT molecular complexity index is 2000. The zero-order valence-electron chi connectivity index (χ0n) is 29.6. The summed E-state index contributed by atoms with van der Waals surface area (Å²) < 4.78 is 74.9. The zero-order valence-corrected chi connectivity index (χ0v) is 30.4. The van der Waals surface area contributed by atoms with E-state index in [-0.39, 0.29) is 43.0 Å². The third kappa shape index (κ3) is 8.90. The van der Waals surface area contributed by atoms with Crippen LogP contribution >= 0.6 is 0 Å². The van der Waals surface area contributed by atoms with Crippen LogP contribution in [0, 0.1) is 0 Å². The Hall–Kier alpha value is -4.55. The SMILES string of the molecule is CC(C)(C)OC(=O)NC1CCN(C(=O)C(NS(=O)(=O)c2ccc3cc(OC4CCCC4)ccc3c2)C(F)(F)c2cccc(-c3ccccc3)c2)CC1. The Labute approximate surface area is 303 Å². The van der Waals surface area contributed by atoms with Crippen LogP contribution < -0.4 is 14.8 Å². The molecule has 1 unspecified atom stereocenters. The van der Waals surface area contributed by atoms with E-state index in [2.05, 4.69) is 10.0 Å². The van der Waals surface area contributed by atoms with Gasteiger partial charge >= 0.3 is 6.09 Å². The van der Waals surface area contributed by atoms with Gasteiger partial charge < -0.3 is 19.7 Å². The van der Waals surface area contributed by atoms with E-state index in [4.69, 9.17) is 9.47 Å². The minimum Gasteiger partial charge on any atom is -0.490 e. The molecule has 4 aromatic carbocycles. The van der Waals surface area contributed by atoms with Gasteiger partial charge in [0.25, 0.3) is 5.92 Å². The summed E-state index contributed by atoms with van der Waals surface area (Å²) in [6, 6.07) is 21.4. The predicted octanol–water partition coefficient (Wildman–Crippen LogP) is 7.78. The third-order valence-corrected chi connectivity index (χ3v) is 10.9. The molecule has 0 aromatic heterocycles. The number of likely N-dealkylation sites (tertiary alicyclic amines) is 1. The number of alkyl carbamates (subject to hydrolysis) is 1. The largest absolute Gasteiger partial charge is 0.490 e. The number of hydrogen-bond donors (Lipinski definition) is 2. The number of sulfonamides is 1. The average molecular weight is 734 g/mol. The molecule has 2 aliphatic rings. The molecule has 2 N–H and O–H groups in total. The van der Waals surface area contributed by atoms with E-state index in [0.29, 0.717) is 22.3 Å². The van der Waals surface area contributed by atoms with Gasteiger partial charge in [0.2, 0.25) is 15.9 Å². The molecule has 276 valence electrons. The Kier molecular flexibility index (Phi) is 10.9. The molecule has 6 rings (SSSR count). The van der Waals surface area contributed by atoms with Gasteiger partial charge in [0.1, 0.15) is 11.4 Å². The van der Waals surface area contributed by atoms with Crippen LogP contribution in [0.25, 0.3) is 21.9 Å². The quantitative estimate of drug-likeness (QED) is 0.172. The monoisotopic (exact) mass is 733 g/mol. The van der Waals surface area contributed by atoms with Crippen LogP contribution in [0.1, 0.15) is 64.9 Å². The third-order valence-electron chi connectivity index (χ3n) is 9.46. The molecule has 0 bridgehead atoms. The fourth-order valence-corrected chi connectivity index (χ4v) is 7.97. The Morgan fingerprint density at radius 1 is 0.808 bits per heavy atom. The Morgan fingerprint density at radius 2 is 1.46 bits per heavy atom. The minimum atomic E-state index is -4.64. The first kappa shape index (κ1) is 37.2. The molecule has 12 heteroatoms. The fraction of sp³-hybridized carbons (Fsp3) is 0.400. The zero-order chi connectivity index (χ0) is 37.1. The molecular weight excluding hydrogens is 689 g/mol. The van der Waals surface area contributed by atoms with Crippen LogP contribution in [0.4, 0.5) is 13.6 Å². The predicted molar refractivity (Wildman–Crippen MR) is 196 cm³/mol. The number of alkyl halides is 2. The molecule has 2 fully saturated rings. The van der Waals surface area contributed by atoms with Gasteiger partial charge in [-0.1, -0.05) is 60.7 Å². The van der Waals surface area contributed by atoms with Crippen molar-refractivity contribution in [1.82, 2.24) is 14.9 Å². The lowest BCUT2D eigenvalue weighted by molar-refractivity contribution is -0.145. The van der Waals surface area contributed by atoms with Crippen molar-refractivity contribution in [1.29, 1.82) is 0 Å². The van der Waals surface area contributed by atoms with Gasteiger partial charge in [-0.25, -0.2) is 13.2 Å². The standard InChI is InChI=1S/C40H45F2N3O6S/c1-39(2,3)51-38(47)43-32-20-22-45(23-21-32)37(46)36(40(41,42)31-13-9-12-28(24-31)27-10-5-4-6-11-27)44-52(48,49)35-19-17-29-25-34(18-16-30(29)26-35)50-33-14-7-8-15-33/h4-6,9-13,16-19,24-26,32-33,36,44H,7-8,14-15,20-23H2,1-3H3,(H,43,47). The van der Waals surface area contributed by atoms with Crippen molar-refractivity contribution in [2.24, 2.45) is 0 Å². The van der Waals surface area contributed by atoms with E-state index >= 15 is 8.78 Å². The summed E-state index contributed by atoms with van der Waals surface area (Å²) in [5.41, 5.74) is -0.0288. The molecule has 4 aromatic rings. The van der Waals surface area contributed by atoms with Gasteiger partial charge in [0, 0.05) is 24.7 Å². The summed E-state index contributed by atoms with van der Waals surface area (Å²) in [4.78, 5) is 27.4. The number of piperidine rings is 1. The van der Waals surface area contributed by atoms with Gasteiger partial charge in [-0.2, -0.15) is 13.5 Å². The number of nitrogens with zero attached hydrogens (tertiary/aromatic N) is 1. The Balaban J connectivity index is 1.26. The molecule has 0 radical (unpaired) electrons. The molecule has 1 atom stereocenters. The summed E-state index contributed by atoms with van der Waals surface area (Å²) in [5.74, 6) is -4.34. The van der Waals surface area contributed by atoms with Gasteiger partial charge in [0.15, 0.2) is 6.04 Å². The van der Waals surface area contributed by atoms with E-state index < -0.39 is 45.2 Å².